The summed E-state index contributed by atoms with van der Waals surface area (Å²) in [5.41, 5.74) is 1.09. The van der Waals surface area contributed by atoms with Crippen LogP contribution in [0.2, 0.25) is 0 Å². The van der Waals surface area contributed by atoms with Crippen LogP contribution in [-0.4, -0.2) is 56.2 Å². The van der Waals surface area contributed by atoms with Gasteiger partial charge < -0.3 is 19.9 Å². The van der Waals surface area contributed by atoms with Crippen LogP contribution in [0.4, 0.5) is 4.79 Å². The lowest BCUT2D eigenvalue weighted by Gasteiger charge is -2.22. The maximum atomic E-state index is 12.4. The van der Waals surface area contributed by atoms with E-state index in [4.69, 9.17) is 4.74 Å². The van der Waals surface area contributed by atoms with Gasteiger partial charge >= 0.3 is 6.03 Å². The van der Waals surface area contributed by atoms with Crippen molar-refractivity contribution in [3.8, 4) is 5.75 Å². The summed E-state index contributed by atoms with van der Waals surface area (Å²) in [6, 6.07) is 7.94. The fourth-order valence-corrected chi connectivity index (χ4v) is 3.06. The number of ether oxygens (including phenoxy) is 1. The highest BCUT2D eigenvalue weighted by molar-refractivity contribution is 5.75. The lowest BCUT2D eigenvalue weighted by Crippen LogP contribution is -2.40. The quantitative estimate of drug-likeness (QED) is 0.877. The molecular weight excluding hydrogens is 290 g/mol. The van der Waals surface area contributed by atoms with Crippen molar-refractivity contribution in [1.29, 1.82) is 0 Å². The van der Waals surface area contributed by atoms with Crippen LogP contribution in [0.5, 0.6) is 5.75 Å². The molecule has 0 saturated carbocycles. The Morgan fingerprint density at radius 1 is 1.39 bits per heavy atom. The second kappa shape index (κ2) is 8.20. The number of carbonyl (C=O) groups excluding carboxylic acids is 1. The topological polar surface area (TPSA) is 44.8 Å². The number of nitrogens with one attached hydrogen (secondary N) is 1. The summed E-state index contributed by atoms with van der Waals surface area (Å²) in [6.07, 6.45) is 1.09. The van der Waals surface area contributed by atoms with Gasteiger partial charge in [-0.05, 0) is 58.0 Å². The molecule has 1 aromatic rings. The Bertz CT molecular complexity index is 501. The Hall–Kier alpha value is -1.75. The second-order valence-corrected chi connectivity index (χ2v) is 6.54. The lowest BCUT2D eigenvalue weighted by atomic mass is 10.1. The van der Waals surface area contributed by atoms with Crippen LogP contribution in [0.25, 0.3) is 0 Å². The van der Waals surface area contributed by atoms with Crippen LogP contribution in [0.1, 0.15) is 31.9 Å². The Labute approximate surface area is 139 Å². The van der Waals surface area contributed by atoms with Gasteiger partial charge in [0, 0.05) is 19.6 Å². The first kappa shape index (κ1) is 17.6. The Kier molecular flexibility index (Phi) is 6.28. The minimum absolute atomic E-state index is 0.00826. The number of hydrogen-bond acceptors (Lipinski definition) is 3. The SMILES string of the molecule is CCOc1ccc(C(C)NC(=O)N2CCC(CN(C)C)C2)cc1. The molecule has 5 nitrogen and oxygen atoms in total. The van der Waals surface area contributed by atoms with E-state index >= 15 is 0 Å². The molecule has 1 aliphatic rings. The van der Waals surface area contributed by atoms with Crippen molar-refractivity contribution in [1.82, 2.24) is 15.1 Å². The van der Waals surface area contributed by atoms with Crippen molar-refractivity contribution in [2.75, 3.05) is 40.3 Å². The molecule has 2 amide bonds. The van der Waals surface area contributed by atoms with Crippen molar-refractivity contribution < 1.29 is 9.53 Å². The summed E-state index contributed by atoms with van der Waals surface area (Å²) in [5, 5.41) is 3.10. The molecule has 0 aromatic heterocycles. The van der Waals surface area contributed by atoms with Crippen molar-refractivity contribution in [3.05, 3.63) is 29.8 Å². The van der Waals surface area contributed by atoms with Gasteiger partial charge in [0.05, 0.1) is 12.6 Å². The number of hydrogen-bond donors (Lipinski definition) is 1. The largest absolute Gasteiger partial charge is 0.494 e. The maximum absolute atomic E-state index is 12.4. The van der Waals surface area contributed by atoms with E-state index in [-0.39, 0.29) is 12.1 Å². The Morgan fingerprint density at radius 3 is 2.70 bits per heavy atom. The van der Waals surface area contributed by atoms with Crippen LogP contribution in [0.15, 0.2) is 24.3 Å². The normalized spacial score (nSPS) is 19.0. The number of nitrogens with zero attached hydrogens (tertiary/aromatic N) is 2. The fraction of sp³-hybridized carbons (Fsp3) is 0.611. The molecule has 0 spiro atoms. The summed E-state index contributed by atoms with van der Waals surface area (Å²) in [6.45, 7) is 7.38. The standard InChI is InChI=1S/C18H29N3O2/c1-5-23-17-8-6-16(7-9-17)14(2)19-18(22)21-11-10-15(13-21)12-20(3)4/h6-9,14-15H,5,10-13H2,1-4H3,(H,19,22). The van der Waals surface area contributed by atoms with Crippen molar-refractivity contribution in [2.24, 2.45) is 5.92 Å². The van der Waals surface area contributed by atoms with Gasteiger partial charge in [-0.25, -0.2) is 4.79 Å². The Morgan fingerprint density at radius 2 is 2.09 bits per heavy atom. The highest BCUT2D eigenvalue weighted by Gasteiger charge is 2.27. The van der Waals surface area contributed by atoms with E-state index in [1.165, 1.54) is 0 Å². The predicted octanol–water partition coefficient (Wildman–Crippen LogP) is 2.74. The zero-order valence-corrected chi connectivity index (χ0v) is 14.7. The highest BCUT2D eigenvalue weighted by atomic mass is 16.5. The number of likely N-dealkylation sites (tertiary alicyclic amines) is 1. The van der Waals surface area contributed by atoms with Crippen LogP contribution >= 0.6 is 0 Å². The zero-order chi connectivity index (χ0) is 16.8. The zero-order valence-electron chi connectivity index (χ0n) is 14.7. The minimum Gasteiger partial charge on any atom is -0.494 e. The molecule has 1 saturated heterocycles. The van der Waals surface area contributed by atoms with E-state index in [0.717, 1.165) is 37.4 Å². The van der Waals surface area contributed by atoms with Gasteiger partial charge in [0.1, 0.15) is 5.75 Å². The van der Waals surface area contributed by atoms with Gasteiger partial charge in [-0.3, -0.25) is 0 Å². The summed E-state index contributed by atoms with van der Waals surface area (Å²) in [7, 11) is 4.16. The number of carbonyl (C=O) groups is 1. The lowest BCUT2D eigenvalue weighted by molar-refractivity contribution is 0.202. The maximum Gasteiger partial charge on any atom is 0.317 e. The highest BCUT2D eigenvalue weighted by Crippen LogP contribution is 2.20. The van der Waals surface area contributed by atoms with Gasteiger partial charge in [-0.2, -0.15) is 0 Å². The molecule has 0 bridgehead atoms. The van der Waals surface area contributed by atoms with E-state index < -0.39 is 0 Å². The smallest absolute Gasteiger partial charge is 0.317 e. The summed E-state index contributed by atoms with van der Waals surface area (Å²) < 4.78 is 5.45. The molecule has 1 aliphatic heterocycles. The van der Waals surface area contributed by atoms with E-state index in [1.807, 2.05) is 43.0 Å². The average molecular weight is 319 g/mol. The van der Waals surface area contributed by atoms with Gasteiger partial charge in [0.15, 0.2) is 0 Å². The van der Waals surface area contributed by atoms with E-state index in [1.54, 1.807) is 0 Å². The molecule has 1 heterocycles. The molecule has 0 aliphatic carbocycles. The first-order chi connectivity index (χ1) is 11.0. The van der Waals surface area contributed by atoms with Gasteiger partial charge in [0.25, 0.3) is 0 Å². The molecule has 5 heteroatoms. The van der Waals surface area contributed by atoms with Gasteiger partial charge in [0.2, 0.25) is 0 Å². The molecule has 128 valence electrons. The van der Waals surface area contributed by atoms with E-state index in [2.05, 4.69) is 24.3 Å². The molecule has 0 radical (unpaired) electrons. The van der Waals surface area contributed by atoms with Crippen LogP contribution in [-0.2, 0) is 0 Å². The number of benzene rings is 1. The predicted molar refractivity (Wildman–Crippen MR) is 92.8 cm³/mol. The number of amides is 2. The van der Waals surface area contributed by atoms with Crippen LogP contribution in [0.3, 0.4) is 0 Å². The minimum atomic E-state index is -0.00826. The van der Waals surface area contributed by atoms with Gasteiger partial charge in [-0.15, -0.1) is 0 Å². The van der Waals surface area contributed by atoms with Crippen molar-refractivity contribution in [2.45, 2.75) is 26.3 Å². The van der Waals surface area contributed by atoms with Crippen molar-refractivity contribution >= 4 is 6.03 Å². The summed E-state index contributed by atoms with van der Waals surface area (Å²) in [4.78, 5) is 16.5. The second-order valence-electron chi connectivity index (χ2n) is 6.54. The molecule has 23 heavy (non-hydrogen) atoms. The van der Waals surface area contributed by atoms with Crippen molar-refractivity contribution in [3.63, 3.8) is 0 Å². The van der Waals surface area contributed by atoms with Crippen LogP contribution < -0.4 is 10.1 Å². The van der Waals surface area contributed by atoms with E-state index in [9.17, 15) is 4.79 Å². The third kappa shape index (κ3) is 5.13. The summed E-state index contributed by atoms with van der Waals surface area (Å²) in [5.74, 6) is 1.44. The average Bonchev–Trinajstić information content (AvgIpc) is 2.96. The third-order valence-corrected chi connectivity index (χ3v) is 4.23. The third-order valence-electron chi connectivity index (χ3n) is 4.23. The Balaban J connectivity index is 1.85. The number of rotatable bonds is 6. The molecule has 2 rings (SSSR count). The molecule has 1 fully saturated rings. The number of urea groups is 1. The van der Waals surface area contributed by atoms with E-state index in [0.29, 0.717) is 12.5 Å². The first-order valence-corrected chi connectivity index (χ1v) is 8.42. The molecule has 1 N–H and O–H groups in total. The van der Waals surface area contributed by atoms with Gasteiger partial charge in [-0.1, -0.05) is 12.1 Å². The summed E-state index contributed by atoms with van der Waals surface area (Å²) >= 11 is 0. The molecule has 2 atom stereocenters. The fourth-order valence-electron chi connectivity index (χ4n) is 3.06. The monoisotopic (exact) mass is 319 g/mol. The first-order valence-electron chi connectivity index (χ1n) is 8.42. The van der Waals surface area contributed by atoms with Crippen LogP contribution in [0, 0.1) is 5.92 Å². The molecule has 1 aromatic carbocycles. The molecule has 2 unspecified atom stereocenters. The molecular formula is C18H29N3O2.